The normalized spacial score (nSPS) is 15.1. The third-order valence-corrected chi connectivity index (χ3v) is 7.22. The van der Waals surface area contributed by atoms with Crippen LogP contribution in [0.1, 0.15) is 17.0 Å². The molecule has 1 N–H and O–H groups in total. The van der Waals surface area contributed by atoms with Crippen molar-refractivity contribution < 1.29 is 13.5 Å². The summed E-state index contributed by atoms with van der Waals surface area (Å²) in [5.74, 6) is 0. The topological polar surface area (TPSA) is 115 Å². The summed E-state index contributed by atoms with van der Waals surface area (Å²) in [6.45, 7) is 0.647. The van der Waals surface area contributed by atoms with Gasteiger partial charge in [-0.05, 0) is 30.2 Å². The van der Waals surface area contributed by atoms with Gasteiger partial charge in [-0.1, -0.05) is 0 Å². The van der Waals surface area contributed by atoms with Crippen LogP contribution in [0.15, 0.2) is 35.4 Å². The van der Waals surface area contributed by atoms with Crippen LogP contribution >= 0.6 is 0 Å². The van der Waals surface area contributed by atoms with E-state index in [1.165, 1.54) is 15.2 Å². The quantitative estimate of drug-likeness (QED) is 0.489. The average Bonchev–Trinajstić information content (AvgIpc) is 3.28. The largest absolute Gasteiger partial charge is 0.376 e. The summed E-state index contributed by atoms with van der Waals surface area (Å²) >= 11 is 0. The first kappa shape index (κ1) is 19.9. The highest BCUT2D eigenvalue weighted by atomic mass is 32.2. The van der Waals surface area contributed by atoms with Gasteiger partial charge < -0.3 is 14.2 Å². The summed E-state index contributed by atoms with van der Waals surface area (Å²) in [6, 6.07) is 5.60. The minimum Gasteiger partial charge on any atom is -0.376 e. The van der Waals surface area contributed by atoms with Gasteiger partial charge in [-0.3, -0.25) is 4.79 Å². The Morgan fingerprint density at radius 2 is 2.03 bits per heavy atom. The lowest BCUT2D eigenvalue weighted by Crippen LogP contribution is -2.35. The number of rotatable bonds is 4. The number of hydrogen-bond acceptors (Lipinski definition) is 6. The minimum atomic E-state index is -3.31. The highest BCUT2D eigenvalue weighted by Gasteiger charge is 2.28. The maximum Gasteiger partial charge on any atom is 0.291 e. The molecule has 5 rings (SSSR count). The van der Waals surface area contributed by atoms with Crippen molar-refractivity contribution in [3.63, 3.8) is 0 Å². The molecule has 0 saturated carbocycles. The molecule has 0 bridgehead atoms. The molecule has 31 heavy (non-hydrogen) atoms. The Kier molecular flexibility index (Phi) is 4.50. The summed E-state index contributed by atoms with van der Waals surface area (Å²) in [5, 5.41) is 15.5. The first-order valence-electron chi connectivity index (χ1n) is 9.85. The zero-order valence-corrected chi connectivity index (χ0v) is 18.0. The van der Waals surface area contributed by atoms with Gasteiger partial charge in [0.1, 0.15) is 17.9 Å². The van der Waals surface area contributed by atoms with Crippen molar-refractivity contribution in [2.45, 2.75) is 26.2 Å². The fraction of sp³-hybridized carbons (Fsp3) is 0.350. The Balaban J connectivity index is 1.57. The second kappa shape index (κ2) is 7.01. The van der Waals surface area contributed by atoms with Crippen molar-refractivity contribution in [1.82, 2.24) is 28.2 Å². The van der Waals surface area contributed by atoms with Crippen molar-refractivity contribution in [3.8, 4) is 0 Å². The Bertz CT molecular complexity index is 1500. The molecule has 0 amide bonds. The maximum atomic E-state index is 13.3. The number of nitrogens with zero attached hydrogens (tertiary/aromatic N) is 6. The molecule has 0 radical (unpaired) electrons. The first-order valence-corrected chi connectivity index (χ1v) is 11.7. The molecule has 0 aromatic carbocycles. The van der Waals surface area contributed by atoms with Gasteiger partial charge in [0, 0.05) is 36.3 Å². The number of sulfonamides is 1. The standard InChI is InChI=1S/C20H22N6O4S/c1-23-17-11-25(31(2,29)30)8-6-15(17)16-9-21-26(20(28)18(16)23)10-14-4-3-13-5-7-24(12-27)19(13)22-14/h3-5,7,9,27H,6,8,10-12H2,1-2H3. The molecule has 1 aliphatic rings. The third kappa shape index (κ3) is 3.16. The molecule has 10 nitrogen and oxygen atoms in total. The lowest BCUT2D eigenvalue weighted by molar-refractivity contribution is 0.215. The number of aliphatic hydroxyl groups excluding tert-OH is 1. The maximum absolute atomic E-state index is 13.3. The van der Waals surface area contributed by atoms with Crippen LogP contribution in [0.5, 0.6) is 0 Å². The van der Waals surface area contributed by atoms with Crippen LogP contribution in [0, 0.1) is 0 Å². The lowest BCUT2D eigenvalue weighted by atomic mass is 10.1. The Hall–Kier alpha value is -3.02. The van der Waals surface area contributed by atoms with E-state index in [9.17, 15) is 18.3 Å². The molecule has 162 valence electrons. The monoisotopic (exact) mass is 442 g/mol. The van der Waals surface area contributed by atoms with Crippen molar-refractivity contribution in [1.29, 1.82) is 0 Å². The SMILES string of the molecule is Cn1c2c(c3cnn(Cc4ccc5ccn(CO)c5n4)c(=O)c31)CCN(S(C)(=O)=O)C2. The average molecular weight is 443 g/mol. The van der Waals surface area contributed by atoms with Gasteiger partial charge in [-0.2, -0.15) is 9.40 Å². The number of aryl methyl sites for hydroxylation is 1. The van der Waals surface area contributed by atoms with Crippen LogP contribution in [0.25, 0.3) is 21.9 Å². The number of aromatic nitrogens is 5. The predicted molar refractivity (Wildman–Crippen MR) is 115 cm³/mol. The molecule has 0 unspecified atom stereocenters. The van der Waals surface area contributed by atoms with E-state index in [2.05, 4.69) is 10.1 Å². The summed E-state index contributed by atoms with van der Waals surface area (Å²) in [4.78, 5) is 17.8. The van der Waals surface area contributed by atoms with E-state index >= 15 is 0 Å². The zero-order chi connectivity index (χ0) is 21.9. The molecule has 0 fully saturated rings. The van der Waals surface area contributed by atoms with E-state index in [0.29, 0.717) is 29.8 Å². The van der Waals surface area contributed by atoms with Gasteiger partial charge in [-0.25, -0.2) is 18.1 Å². The van der Waals surface area contributed by atoms with Crippen molar-refractivity contribution in [2.75, 3.05) is 12.8 Å². The lowest BCUT2D eigenvalue weighted by Gasteiger charge is -2.25. The number of hydrogen-bond donors (Lipinski definition) is 1. The molecular weight excluding hydrogens is 420 g/mol. The van der Waals surface area contributed by atoms with Crippen LogP contribution in [0.4, 0.5) is 0 Å². The van der Waals surface area contributed by atoms with Crippen molar-refractivity contribution in [3.05, 3.63) is 57.9 Å². The number of fused-ring (bicyclic) bond motifs is 4. The molecule has 11 heteroatoms. The summed E-state index contributed by atoms with van der Waals surface area (Å²) in [6.07, 6.45) is 5.18. The first-order chi connectivity index (χ1) is 14.8. The summed E-state index contributed by atoms with van der Waals surface area (Å²) in [7, 11) is -1.52. The van der Waals surface area contributed by atoms with Gasteiger partial charge in [0.25, 0.3) is 5.56 Å². The molecule has 4 aromatic rings. The number of pyridine rings is 1. The summed E-state index contributed by atoms with van der Waals surface area (Å²) in [5.41, 5.74) is 3.36. The Labute approximate surface area is 178 Å². The smallest absolute Gasteiger partial charge is 0.291 e. The van der Waals surface area contributed by atoms with E-state index in [0.717, 1.165) is 22.0 Å². The van der Waals surface area contributed by atoms with E-state index in [1.54, 1.807) is 28.6 Å². The van der Waals surface area contributed by atoms with E-state index in [4.69, 9.17) is 0 Å². The predicted octanol–water partition coefficient (Wildman–Crippen LogP) is 0.400. The Morgan fingerprint density at radius 3 is 2.77 bits per heavy atom. The van der Waals surface area contributed by atoms with Crippen LogP contribution in [-0.2, 0) is 43.3 Å². The molecule has 1 aliphatic heterocycles. The van der Waals surface area contributed by atoms with E-state index < -0.39 is 10.0 Å². The van der Waals surface area contributed by atoms with Crippen molar-refractivity contribution >= 4 is 32.0 Å². The van der Waals surface area contributed by atoms with Gasteiger partial charge in [0.2, 0.25) is 10.0 Å². The van der Waals surface area contributed by atoms with E-state index in [1.807, 2.05) is 18.2 Å². The molecule has 0 spiro atoms. The zero-order valence-electron chi connectivity index (χ0n) is 17.2. The number of aliphatic hydroxyl groups is 1. The summed E-state index contributed by atoms with van der Waals surface area (Å²) < 4.78 is 30.2. The second-order valence-corrected chi connectivity index (χ2v) is 9.83. The third-order valence-electron chi connectivity index (χ3n) is 5.97. The molecule has 0 aliphatic carbocycles. The molecular formula is C20H22N6O4S. The fourth-order valence-electron chi connectivity index (χ4n) is 4.33. The van der Waals surface area contributed by atoms with E-state index in [-0.39, 0.29) is 25.4 Å². The van der Waals surface area contributed by atoms with Crippen LogP contribution in [-0.4, -0.2) is 54.5 Å². The Morgan fingerprint density at radius 1 is 1.23 bits per heavy atom. The van der Waals surface area contributed by atoms with Crippen LogP contribution < -0.4 is 5.56 Å². The fourth-order valence-corrected chi connectivity index (χ4v) is 5.11. The molecule has 4 aromatic heterocycles. The highest BCUT2D eigenvalue weighted by Crippen LogP contribution is 2.28. The molecule has 5 heterocycles. The van der Waals surface area contributed by atoms with Crippen LogP contribution in [0.3, 0.4) is 0 Å². The van der Waals surface area contributed by atoms with Crippen LogP contribution in [0.2, 0.25) is 0 Å². The van der Waals surface area contributed by atoms with Gasteiger partial charge in [0.05, 0.1) is 31.2 Å². The van der Waals surface area contributed by atoms with Gasteiger partial charge in [-0.15, -0.1) is 0 Å². The van der Waals surface area contributed by atoms with Crippen molar-refractivity contribution in [2.24, 2.45) is 7.05 Å². The second-order valence-electron chi connectivity index (χ2n) is 7.84. The molecule has 0 atom stereocenters. The highest BCUT2D eigenvalue weighted by molar-refractivity contribution is 7.88. The van der Waals surface area contributed by atoms with Gasteiger partial charge in [0.15, 0.2) is 0 Å². The molecule has 0 saturated heterocycles. The minimum absolute atomic E-state index is 0.177. The van der Waals surface area contributed by atoms with Gasteiger partial charge >= 0.3 is 0 Å².